The van der Waals surface area contributed by atoms with Crippen molar-refractivity contribution in [1.29, 1.82) is 0 Å². The molecule has 0 aliphatic carbocycles. The normalized spacial score (nSPS) is 11.5. The standard InChI is InChI=1S/C17H16F3NO/c1-11(2)13-8-9-15(14(10-13)17(18,19)20)21-16(22)12-6-4-3-5-7-12/h3-11H,1-2H3,(H,21,22). The van der Waals surface area contributed by atoms with Crippen LogP contribution in [0.5, 0.6) is 0 Å². The second-order valence-electron chi connectivity index (χ2n) is 5.28. The molecule has 0 unspecified atom stereocenters. The first-order chi connectivity index (χ1) is 10.3. The minimum atomic E-state index is -4.52. The lowest BCUT2D eigenvalue weighted by atomic mass is 9.99. The van der Waals surface area contributed by atoms with Crippen LogP contribution in [0, 0.1) is 0 Å². The Hall–Kier alpha value is -2.30. The van der Waals surface area contributed by atoms with Gasteiger partial charge in [0.1, 0.15) is 0 Å². The van der Waals surface area contributed by atoms with Gasteiger partial charge in [0.25, 0.3) is 5.91 Å². The van der Waals surface area contributed by atoms with Crippen LogP contribution in [0.4, 0.5) is 18.9 Å². The highest BCUT2D eigenvalue weighted by Gasteiger charge is 2.34. The summed E-state index contributed by atoms with van der Waals surface area (Å²) in [6.45, 7) is 3.63. The molecular weight excluding hydrogens is 291 g/mol. The quantitative estimate of drug-likeness (QED) is 0.841. The van der Waals surface area contributed by atoms with E-state index in [1.54, 1.807) is 36.4 Å². The molecule has 2 nitrogen and oxygen atoms in total. The zero-order valence-corrected chi connectivity index (χ0v) is 12.2. The van der Waals surface area contributed by atoms with Crippen molar-refractivity contribution in [1.82, 2.24) is 0 Å². The molecule has 1 amide bonds. The van der Waals surface area contributed by atoms with Gasteiger partial charge in [0.05, 0.1) is 11.3 Å². The van der Waals surface area contributed by atoms with Gasteiger partial charge >= 0.3 is 6.18 Å². The molecule has 2 aromatic carbocycles. The average molecular weight is 307 g/mol. The molecule has 0 fully saturated rings. The monoisotopic (exact) mass is 307 g/mol. The van der Waals surface area contributed by atoms with Crippen molar-refractivity contribution in [3.05, 3.63) is 65.2 Å². The van der Waals surface area contributed by atoms with E-state index in [1.165, 1.54) is 6.07 Å². The van der Waals surface area contributed by atoms with Gasteiger partial charge in [-0.1, -0.05) is 38.1 Å². The van der Waals surface area contributed by atoms with E-state index >= 15 is 0 Å². The number of anilines is 1. The van der Waals surface area contributed by atoms with Gasteiger partial charge in [-0.2, -0.15) is 13.2 Å². The maximum absolute atomic E-state index is 13.2. The lowest BCUT2D eigenvalue weighted by Gasteiger charge is -2.16. The minimum absolute atomic E-state index is 0.0278. The number of carbonyl (C=O) groups is 1. The van der Waals surface area contributed by atoms with Crippen LogP contribution in [0.3, 0.4) is 0 Å². The van der Waals surface area contributed by atoms with Crippen molar-refractivity contribution in [2.24, 2.45) is 0 Å². The lowest BCUT2D eigenvalue weighted by molar-refractivity contribution is -0.137. The molecule has 0 aromatic heterocycles. The number of nitrogens with one attached hydrogen (secondary N) is 1. The highest BCUT2D eigenvalue weighted by atomic mass is 19.4. The van der Waals surface area contributed by atoms with Crippen molar-refractivity contribution in [2.75, 3.05) is 5.32 Å². The summed E-state index contributed by atoms with van der Waals surface area (Å²) in [4.78, 5) is 12.0. The largest absolute Gasteiger partial charge is 0.418 e. The summed E-state index contributed by atoms with van der Waals surface area (Å²) in [6, 6.07) is 12.1. The van der Waals surface area contributed by atoms with Crippen LogP contribution in [0.2, 0.25) is 0 Å². The molecule has 0 aliphatic rings. The Morgan fingerprint density at radius 3 is 2.23 bits per heavy atom. The molecule has 0 aliphatic heterocycles. The van der Waals surface area contributed by atoms with E-state index in [9.17, 15) is 18.0 Å². The first-order valence-electron chi connectivity index (χ1n) is 6.86. The van der Waals surface area contributed by atoms with Crippen LogP contribution in [0.25, 0.3) is 0 Å². The predicted octanol–water partition coefficient (Wildman–Crippen LogP) is 5.08. The summed E-state index contributed by atoms with van der Waals surface area (Å²) in [5.74, 6) is -0.594. The lowest BCUT2D eigenvalue weighted by Crippen LogP contribution is -2.17. The van der Waals surface area contributed by atoms with Crippen LogP contribution < -0.4 is 5.32 Å². The van der Waals surface area contributed by atoms with Gasteiger partial charge in [-0.05, 0) is 35.7 Å². The maximum atomic E-state index is 13.2. The third-order valence-electron chi connectivity index (χ3n) is 3.30. The summed E-state index contributed by atoms with van der Waals surface area (Å²) in [5, 5.41) is 2.34. The third kappa shape index (κ3) is 3.67. The smallest absolute Gasteiger partial charge is 0.321 e. The molecule has 0 heterocycles. The highest BCUT2D eigenvalue weighted by Crippen LogP contribution is 2.36. The Labute approximate surface area is 127 Å². The van der Waals surface area contributed by atoms with Crippen molar-refractivity contribution < 1.29 is 18.0 Å². The molecule has 2 rings (SSSR count). The molecule has 5 heteroatoms. The highest BCUT2D eigenvalue weighted by molar-refractivity contribution is 6.04. The zero-order valence-electron chi connectivity index (χ0n) is 12.2. The van der Waals surface area contributed by atoms with Crippen LogP contribution in [0.15, 0.2) is 48.5 Å². The van der Waals surface area contributed by atoms with E-state index in [2.05, 4.69) is 5.32 Å². The molecular formula is C17H16F3NO. The summed E-state index contributed by atoms with van der Waals surface area (Å²) >= 11 is 0. The van der Waals surface area contributed by atoms with E-state index in [1.807, 2.05) is 13.8 Å². The molecule has 0 saturated heterocycles. The van der Waals surface area contributed by atoms with E-state index in [0.29, 0.717) is 11.1 Å². The third-order valence-corrected chi connectivity index (χ3v) is 3.30. The summed E-state index contributed by atoms with van der Waals surface area (Å²) in [7, 11) is 0. The first-order valence-corrected chi connectivity index (χ1v) is 6.86. The topological polar surface area (TPSA) is 29.1 Å². The number of carbonyl (C=O) groups excluding carboxylic acids is 1. The Balaban J connectivity index is 2.36. The fraction of sp³-hybridized carbons (Fsp3) is 0.235. The van der Waals surface area contributed by atoms with Gasteiger partial charge in [-0.15, -0.1) is 0 Å². The molecule has 0 atom stereocenters. The van der Waals surface area contributed by atoms with Crippen LogP contribution in [-0.4, -0.2) is 5.91 Å². The fourth-order valence-electron chi connectivity index (χ4n) is 2.05. The molecule has 0 saturated carbocycles. The number of benzene rings is 2. The second-order valence-corrected chi connectivity index (χ2v) is 5.28. The maximum Gasteiger partial charge on any atom is 0.418 e. The molecule has 1 N–H and O–H groups in total. The van der Waals surface area contributed by atoms with Gasteiger partial charge in [0.15, 0.2) is 0 Å². The number of halogens is 3. The molecule has 2 aromatic rings. The zero-order chi connectivity index (χ0) is 16.3. The Kier molecular flexibility index (Phi) is 4.54. The predicted molar refractivity (Wildman–Crippen MR) is 79.9 cm³/mol. The molecule has 22 heavy (non-hydrogen) atoms. The number of hydrogen-bond acceptors (Lipinski definition) is 1. The van der Waals surface area contributed by atoms with Crippen molar-refractivity contribution in [2.45, 2.75) is 25.9 Å². The Bertz CT molecular complexity index is 663. The van der Waals surface area contributed by atoms with Crippen molar-refractivity contribution >= 4 is 11.6 Å². The summed E-state index contributed by atoms with van der Waals surface area (Å²) in [5.41, 5.74) is -0.178. The summed E-state index contributed by atoms with van der Waals surface area (Å²) in [6.07, 6.45) is -4.52. The Morgan fingerprint density at radius 1 is 1.05 bits per heavy atom. The van der Waals surface area contributed by atoms with Gasteiger partial charge in [0, 0.05) is 5.56 Å². The molecule has 0 bridgehead atoms. The minimum Gasteiger partial charge on any atom is -0.321 e. The van der Waals surface area contributed by atoms with E-state index in [4.69, 9.17) is 0 Å². The molecule has 0 radical (unpaired) electrons. The van der Waals surface area contributed by atoms with Crippen LogP contribution >= 0.6 is 0 Å². The average Bonchev–Trinajstić information content (AvgIpc) is 2.47. The number of alkyl halides is 3. The fourth-order valence-corrected chi connectivity index (χ4v) is 2.05. The van der Waals surface area contributed by atoms with E-state index in [-0.39, 0.29) is 11.6 Å². The second kappa shape index (κ2) is 6.22. The van der Waals surface area contributed by atoms with Crippen molar-refractivity contribution in [3.63, 3.8) is 0 Å². The summed E-state index contributed by atoms with van der Waals surface area (Å²) < 4.78 is 39.6. The van der Waals surface area contributed by atoms with Crippen molar-refractivity contribution in [3.8, 4) is 0 Å². The Morgan fingerprint density at radius 2 is 1.68 bits per heavy atom. The SMILES string of the molecule is CC(C)c1ccc(NC(=O)c2ccccc2)c(C(F)(F)F)c1. The molecule has 0 spiro atoms. The van der Waals surface area contributed by atoms with Gasteiger partial charge in [0.2, 0.25) is 0 Å². The van der Waals surface area contributed by atoms with Crippen LogP contribution in [-0.2, 0) is 6.18 Å². The number of amides is 1. The first kappa shape index (κ1) is 16.1. The van der Waals surface area contributed by atoms with Crippen LogP contribution in [0.1, 0.15) is 41.3 Å². The van der Waals surface area contributed by atoms with E-state index in [0.717, 1.165) is 6.07 Å². The number of rotatable bonds is 3. The van der Waals surface area contributed by atoms with Gasteiger partial charge < -0.3 is 5.32 Å². The molecule has 116 valence electrons. The van der Waals surface area contributed by atoms with E-state index < -0.39 is 17.6 Å². The van der Waals surface area contributed by atoms with Gasteiger partial charge in [-0.25, -0.2) is 0 Å². The van der Waals surface area contributed by atoms with Gasteiger partial charge in [-0.3, -0.25) is 4.79 Å². The number of hydrogen-bond donors (Lipinski definition) is 1.